The van der Waals surface area contributed by atoms with Crippen molar-refractivity contribution in [1.29, 1.82) is 0 Å². The third-order valence-corrected chi connectivity index (χ3v) is 7.65. The van der Waals surface area contributed by atoms with Crippen molar-refractivity contribution in [1.82, 2.24) is 4.57 Å². The lowest BCUT2D eigenvalue weighted by Gasteiger charge is -2.20. The van der Waals surface area contributed by atoms with Crippen molar-refractivity contribution in [2.24, 2.45) is 18.0 Å². The average molecular weight is 493 g/mol. The molecule has 0 amide bonds. The molecule has 2 atom stereocenters. The molecule has 1 heterocycles. The van der Waals surface area contributed by atoms with Gasteiger partial charge in [0.05, 0.1) is 0 Å². The Morgan fingerprint density at radius 3 is 2.31 bits per heavy atom. The number of nitrogens with zero attached hydrogens (tertiary/aromatic N) is 2. The van der Waals surface area contributed by atoms with Crippen LogP contribution in [-0.4, -0.2) is 25.5 Å². The zero-order chi connectivity index (χ0) is 25.9. The van der Waals surface area contributed by atoms with E-state index in [9.17, 15) is 10.2 Å². The molecule has 0 aliphatic rings. The molecule has 2 unspecified atom stereocenters. The van der Waals surface area contributed by atoms with Gasteiger partial charge in [-0.1, -0.05) is 59.8 Å². The molecule has 3 rings (SSSR count). The summed E-state index contributed by atoms with van der Waals surface area (Å²) in [5, 5.41) is 21.9. The lowest BCUT2D eigenvalue weighted by molar-refractivity contribution is 0.441. The molecule has 0 radical (unpaired) electrons. The number of aliphatic imine (C=N–C) groups is 1. The van der Waals surface area contributed by atoms with Crippen molar-refractivity contribution in [3.8, 4) is 11.5 Å². The summed E-state index contributed by atoms with van der Waals surface area (Å²) in [7, 11) is 2.11. The Morgan fingerprint density at radius 2 is 1.71 bits per heavy atom. The zero-order valence-electron chi connectivity index (χ0n) is 22.2. The highest BCUT2D eigenvalue weighted by Crippen LogP contribution is 2.34. The second-order valence-electron chi connectivity index (χ2n) is 9.92. The number of hydrogen-bond acceptors (Lipinski definition) is 3. The molecule has 2 N–H and O–H groups in total. The van der Waals surface area contributed by atoms with Gasteiger partial charge >= 0.3 is 0 Å². The topological polar surface area (TPSA) is 57.8 Å². The number of fused-ring (bicyclic) bond motifs is 1. The molecule has 0 saturated heterocycles. The van der Waals surface area contributed by atoms with E-state index in [0.717, 1.165) is 41.1 Å². The molecule has 0 aliphatic carbocycles. The second-order valence-corrected chi connectivity index (χ2v) is 10.3. The zero-order valence-corrected chi connectivity index (χ0v) is 23.0. The lowest BCUT2D eigenvalue weighted by atomic mass is 9.90. The monoisotopic (exact) mass is 492 g/mol. The van der Waals surface area contributed by atoms with Gasteiger partial charge in [0.2, 0.25) is 0 Å². The van der Waals surface area contributed by atoms with Crippen LogP contribution in [0.25, 0.3) is 10.9 Å². The van der Waals surface area contributed by atoms with Crippen LogP contribution in [0.4, 0.5) is 0 Å². The highest BCUT2D eigenvalue weighted by atomic mass is 32.1. The van der Waals surface area contributed by atoms with Gasteiger partial charge in [-0.05, 0) is 66.5 Å². The van der Waals surface area contributed by atoms with Crippen LogP contribution in [-0.2, 0) is 19.9 Å². The van der Waals surface area contributed by atoms with E-state index in [1.807, 2.05) is 19.9 Å². The van der Waals surface area contributed by atoms with E-state index in [0.29, 0.717) is 12.3 Å². The van der Waals surface area contributed by atoms with E-state index in [4.69, 9.17) is 17.2 Å². The van der Waals surface area contributed by atoms with Crippen LogP contribution in [0, 0.1) is 5.92 Å². The minimum absolute atomic E-state index is 0.0874. The molecule has 2 aromatic carbocycles. The third-order valence-electron chi connectivity index (χ3n) is 7.22. The van der Waals surface area contributed by atoms with Crippen LogP contribution >= 0.6 is 12.2 Å². The van der Waals surface area contributed by atoms with E-state index in [2.05, 4.69) is 63.7 Å². The van der Waals surface area contributed by atoms with Gasteiger partial charge < -0.3 is 14.8 Å². The smallest absolute Gasteiger partial charge is 0.123 e. The van der Waals surface area contributed by atoms with Crippen LogP contribution in [0.15, 0.2) is 41.5 Å². The summed E-state index contributed by atoms with van der Waals surface area (Å²) in [4.78, 5) is 5.66. The minimum atomic E-state index is -0.0874. The van der Waals surface area contributed by atoms with Crippen molar-refractivity contribution in [2.45, 2.75) is 79.1 Å². The number of phenolic OH excluding ortho intramolecular Hbond substituents is 2. The van der Waals surface area contributed by atoms with Crippen molar-refractivity contribution in [2.75, 3.05) is 0 Å². The summed E-state index contributed by atoms with van der Waals surface area (Å²) >= 11 is 5.86. The van der Waals surface area contributed by atoms with Gasteiger partial charge in [0.25, 0.3) is 0 Å². The Labute approximate surface area is 215 Å². The average Bonchev–Trinajstić information content (AvgIpc) is 3.16. The quantitative estimate of drug-likeness (QED) is 0.236. The van der Waals surface area contributed by atoms with Crippen LogP contribution in [0.1, 0.15) is 88.5 Å². The summed E-state index contributed by atoms with van der Waals surface area (Å²) in [6, 6.07) is 10.1. The molecule has 5 heteroatoms. The van der Waals surface area contributed by atoms with Crippen molar-refractivity contribution < 1.29 is 10.2 Å². The first-order chi connectivity index (χ1) is 16.6. The van der Waals surface area contributed by atoms with E-state index >= 15 is 0 Å². The first kappa shape index (κ1) is 26.9. The molecule has 3 aromatic rings. The molecular weight excluding hydrogens is 452 g/mol. The molecule has 0 aliphatic heterocycles. The number of benzene rings is 2. The van der Waals surface area contributed by atoms with Gasteiger partial charge in [-0.25, -0.2) is 4.99 Å². The summed E-state index contributed by atoms with van der Waals surface area (Å²) in [5.41, 5.74) is 6.48. The number of rotatable bonds is 9. The van der Waals surface area contributed by atoms with Crippen molar-refractivity contribution >= 4 is 33.8 Å². The minimum Gasteiger partial charge on any atom is -0.508 e. The number of aryl methyl sites for hydroxylation is 2. The maximum atomic E-state index is 10.5. The van der Waals surface area contributed by atoms with Crippen molar-refractivity contribution in [3.63, 3.8) is 0 Å². The van der Waals surface area contributed by atoms with Crippen LogP contribution in [0.5, 0.6) is 11.5 Å². The predicted octanol–water partition coefficient (Wildman–Crippen LogP) is 7.83. The Morgan fingerprint density at radius 1 is 1.00 bits per heavy atom. The van der Waals surface area contributed by atoms with Crippen LogP contribution in [0.2, 0.25) is 0 Å². The fourth-order valence-electron chi connectivity index (χ4n) is 4.91. The number of aromatic nitrogens is 1. The predicted molar refractivity (Wildman–Crippen MR) is 152 cm³/mol. The molecule has 4 nitrogen and oxygen atoms in total. The molecule has 1 aromatic heterocycles. The van der Waals surface area contributed by atoms with Gasteiger partial charge in [0.15, 0.2) is 0 Å². The Balaban J connectivity index is 1.87. The summed E-state index contributed by atoms with van der Waals surface area (Å²) in [5.74, 6) is 0.786. The fourth-order valence-corrected chi connectivity index (χ4v) is 5.28. The molecule has 0 spiro atoms. The van der Waals surface area contributed by atoms with Gasteiger partial charge in [-0.2, -0.15) is 0 Å². The molecule has 0 bridgehead atoms. The van der Waals surface area contributed by atoms with E-state index in [-0.39, 0.29) is 23.3 Å². The maximum Gasteiger partial charge on any atom is 0.123 e. The number of hydrogen-bond donors (Lipinski definition) is 2. The van der Waals surface area contributed by atoms with E-state index in [1.54, 1.807) is 0 Å². The van der Waals surface area contributed by atoms with E-state index in [1.165, 1.54) is 28.1 Å². The number of thiocarbonyl (C=S) groups is 1. The highest BCUT2D eigenvalue weighted by Gasteiger charge is 2.21. The second kappa shape index (κ2) is 11.4. The van der Waals surface area contributed by atoms with Gasteiger partial charge in [0.1, 0.15) is 16.5 Å². The standard InChI is InChI=1S/C30H40N2O2S/c1-8-21-15-23(29(34)16-28(21)33)19(6)26(10-3)31-30(35)22(9-2)13-20-11-12-27-24(14-20)25(18(4)5)17-32(27)7/h11-12,14-19,22,33-34H,8-10,13H2,1-7H3. The number of aromatic hydroxyl groups is 2. The highest BCUT2D eigenvalue weighted by molar-refractivity contribution is 7.80. The first-order valence-electron chi connectivity index (χ1n) is 12.8. The van der Waals surface area contributed by atoms with Crippen molar-refractivity contribution in [3.05, 3.63) is 58.8 Å². The molecule has 0 saturated carbocycles. The third kappa shape index (κ3) is 5.78. The SMILES string of the molecule is CCC(=NC(=S)C(CC)Cc1ccc2c(c1)c(C(C)C)cn2C)C(C)c1cc(CC)c(O)cc1O. The van der Waals surface area contributed by atoms with Gasteiger partial charge in [-0.3, -0.25) is 0 Å². The van der Waals surface area contributed by atoms with Gasteiger partial charge in [0, 0.05) is 53.3 Å². The Kier molecular flexibility index (Phi) is 8.76. The Bertz CT molecular complexity index is 1240. The summed E-state index contributed by atoms with van der Waals surface area (Å²) in [6.07, 6.45) is 5.46. The molecule has 0 fully saturated rings. The summed E-state index contributed by atoms with van der Waals surface area (Å²) < 4.78 is 2.21. The fraction of sp³-hybridized carbons (Fsp3) is 0.467. The maximum absolute atomic E-state index is 10.5. The molecule has 35 heavy (non-hydrogen) atoms. The lowest BCUT2D eigenvalue weighted by Crippen LogP contribution is -2.17. The Hall–Kier alpha value is -2.66. The number of phenols is 2. The van der Waals surface area contributed by atoms with Crippen LogP contribution < -0.4 is 0 Å². The van der Waals surface area contributed by atoms with Gasteiger partial charge in [-0.15, -0.1) is 0 Å². The summed E-state index contributed by atoms with van der Waals surface area (Å²) in [6.45, 7) is 12.8. The van der Waals surface area contributed by atoms with Crippen LogP contribution in [0.3, 0.4) is 0 Å². The molecule has 188 valence electrons. The molecular formula is C30H40N2O2S. The normalized spacial score (nSPS) is 14.0. The van der Waals surface area contributed by atoms with E-state index < -0.39 is 0 Å². The first-order valence-corrected chi connectivity index (χ1v) is 13.3. The largest absolute Gasteiger partial charge is 0.508 e.